The minimum Gasteiger partial charge on any atom is -0.497 e. The van der Waals surface area contributed by atoms with Crippen LogP contribution < -0.4 is 10.1 Å². The molecule has 2 aliphatic rings. The lowest BCUT2D eigenvalue weighted by Gasteiger charge is -2.43. The van der Waals surface area contributed by atoms with Gasteiger partial charge in [-0.1, -0.05) is 42.5 Å². The average Bonchev–Trinajstić information content (AvgIpc) is 3.15. The van der Waals surface area contributed by atoms with Crippen molar-refractivity contribution < 1.29 is 28.5 Å². The lowest BCUT2D eigenvalue weighted by atomic mass is 9.78. The summed E-state index contributed by atoms with van der Waals surface area (Å²) in [6.45, 7) is 8.35. The third kappa shape index (κ3) is 6.22. The van der Waals surface area contributed by atoms with Gasteiger partial charge in [0, 0.05) is 18.9 Å². The van der Waals surface area contributed by atoms with Crippen molar-refractivity contribution in [1.29, 1.82) is 0 Å². The molecular formula is C28H37NO6. The molecule has 1 saturated heterocycles. The Labute approximate surface area is 208 Å². The van der Waals surface area contributed by atoms with Crippen molar-refractivity contribution in [3.8, 4) is 5.75 Å². The van der Waals surface area contributed by atoms with Crippen molar-refractivity contribution >= 4 is 5.91 Å². The number of hydrogen-bond acceptors (Lipinski definition) is 6. The SMILES string of the molecule is COc1cccc(CO[C@]2(C(=O)NC(C)C)C[C@@H](OCc3ccccc3)[C@@H]3OC(C)(C)O[C@@H]3C2)c1. The summed E-state index contributed by atoms with van der Waals surface area (Å²) in [6.07, 6.45) is -0.242. The first-order valence-electron chi connectivity index (χ1n) is 12.3. The number of ether oxygens (including phenoxy) is 5. The number of fused-ring (bicyclic) bond motifs is 1. The van der Waals surface area contributed by atoms with Crippen molar-refractivity contribution in [1.82, 2.24) is 5.32 Å². The van der Waals surface area contributed by atoms with Crippen LogP contribution in [0.5, 0.6) is 5.75 Å². The second kappa shape index (κ2) is 10.7. The molecule has 1 aliphatic heterocycles. The summed E-state index contributed by atoms with van der Waals surface area (Å²) >= 11 is 0. The van der Waals surface area contributed by atoms with Crippen molar-refractivity contribution in [2.45, 2.75) is 89.5 Å². The Kier molecular flexibility index (Phi) is 7.81. The van der Waals surface area contributed by atoms with Crippen molar-refractivity contribution in [3.63, 3.8) is 0 Å². The number of carbonyl (C=O) groups excluding carboxylic acids is 1. The van der Waals surface area contributed by atoms with E-state index in [9.17, 15) is 4.79 Å². The fourth-order valence-electron chi connectivity index (χ4n) is 4.86. The number of nitrogens with one attached hydrogen (secondary N) is 1. The van der Waals surface area contributed by atoms with E-state index in [2.05, 4.69) is 5.32 Å². The zero-order chi connectivity index (χ0) is 25.1. The van der Waals surface area contributed by atoms with Crippen LogP contribution in [0.4, 0.5) is 0 Å². The number of amides is 1. The molecule has 1 N–H and O–H groups in total. The molecule has 190 valence electrons. The van der Waals surface area contributed by atoms with Gasteiger partial charge in [-0.15, -0.1) is 0 Å². The molecule has 35 heavy (non-hydrogen) atoms. The maximum Gasteiger partial charge on any atom is 0.252 e. The Balaban J connectivity index is 1.60. The van der Waals surface area contributed by atoms with Crippen LogP contribution in [0.3, 0.4) is 0 Å². The summed E-state index contributed by atoms with van der Waals surface area (Å²) in [4.78, 5) is 13.6. The average molecular weight is 484 g/mol. The van der Waals surface area contributed by atoms with E-state index in [1.807, 2.05) is 82.3 Å². The predicted octanol–water partition coefficient (Wildman–Crippen LogP) is 4.37. The van der Waals surface area contributed by atoms with E-state index in [0.717, 1.165) is 16.9 Å². The van der Waals surface area contributed by atoms with Crippen molar-refractivity contribution in [2.75, 3.05) is 7.11 Å². The Morgan fingerprint density at radius 2 is 1.77 bits per heavy atom. The van der Waals surface area contributed by atoms with E-state index >= 15 is 0 Å². The zero-order valence-corrected chi connectivity index (χ0v) is 21.3. The second-order valence-corrected chi connectivity index (χ2v) is 10.1. The van der Waals surface area contributed by atoms with Crippen LogP contribution in [0.1, 0.15) is 51.7 Å². The third-order valence-electron chi connectivity index (χ3n) is 6.44. The largest absolute Gasteiger partial charge is 0.497 e. The topological polar surface area (TPSA) is 75.3 Å². The van der Waals surface area contributed by atoms with Crippen LogP contribution in [0.2, 0.25) is 0 Å². The highest BCUT2D eigenvalue weighted by Gasteiger charge is 2.58. The lowest BCUT2D eigenvalue weighted by Crippen LogP contribution is -2.60. The van der Waals surface area contributed by atoms with Gasteiger partial charge in [0.1, 0.15) is 11.9 Å². The summed E-state index contributed by atoms with van der Waals surface area (Å²) in [6, 6.07) is 17.6. The van der Waals surface area contributed by atoms with Gasteiger partial charge in [0.05, 0.1) is 32.5 Å². The van der Waals surface area contributed by atoms with E-state index in [1.165, 1.54) is 0 Å². The number of methoxy groups -OCH3 is 1. The summed E-state index contributed by atoms with van der Waals surface area (Å²) in [5, 5.41) is 3.07. The minimum atomic E-state index is -1.13. The highest BCUT2D eigenvalue weighted by atomic mass is 16.8. The molecule has 0 unspecified atom stereocenters. The molecule has 1 aliphatic carbocycles. The highest BCUT2D eigenvalue weighted by molar-refractivity contribution is 5.85. The van der Waals surface area contributed by atoms with Gasteiger partial charge in [0.25, 0.3) is 5.91 Å². The van der Waals surface area contributed by atoms with Crippen LogP contribution in [-0.4, -0.2) is 48.8 Å². The van der Waals surface area contributed by atoms with E-state index < -0.39 is 11.4 Å². The van der Waals surface area contributed by atoms with Crippen molar-refractivity contribution in [3.05, 3.63) is 65.7 Å². The number of hydrogen-bond donors (Lipinski definition) is 1. The molecule has 1 heterocycles. The summed E-state index contributed by atoms with van der Waals surface area (Å²) in [7, 11) is 1.63. The van der Waals surface area contributed by atoms with Gasteiger partial charge in [0.15, 0.2) is 11.4 Å². The van der Waals surface area contributed by atoms with Crippen LogP contribution in [0.25, 0.3) is 0 Å². The molecule has 0 bridgehead atoms. The Morgan fingerprint density at radius 1 is 1.03 bits per heavy atom. The monoisotopic (exact) mass is 483 g/mol. The molecule has 0 aromatic heterocycles. The fourth-order valence-corrected chi connectivity index (χ4v) is 4.86. The number of rotatable bonds is 9. The van der Waals surface area contributed by atoms with Crippen LogP contribution >= 0.6 is 0 Å². The van der Waals surface area contributed by atoms with Gasteiger partial charge < -0.3 is 29.0 Å². The highest BCUT2D eigenvalue weighted by Crippen LogP contribution is 2.44. The number of benzene rings is 2. The summed E-state index contributed by atoms with van der Waals surface area (Å²) in [5.41, 5.74) is 0.857. The molecule has 7 heteroatoms. The van der Waals surface area contributed by atoms with Crippen LogP contribution in [0.15, 0.2) is 54.6 Å². The fraction of sp³-hybridized carbons (Fsp3) is 0.536. The maximum atomic E-state index is 13.6. The van der Waals surface area contributed by atoms with Gasteiger partial charge >= 0.3 is 0 Å². The Hall–Kier alpha value is -2.45. The molecule has 4 atom stereocenters. The first-order chi connectivity index (χ1) is 16.7. The molecule has 4 rings (SSSR count). The third-order valence-corrected chi connectivity index (χ3v) is 6.44. The van der Waals surface area contributed by atoms with Crippen molar-refractivity contribution in [2.24, 2.45) is 0 Å². The molecule has 2 aromatic carbocycles. The maximum absolute atomic E-state index is 13.6. The molecular weight excluding hydrogens is 446 g/mol. The van der Waals surface area contributed by atoms with Gasteiger partial charge in [-0.2, -0.15) is 0 Å². The minimum absolute atomic E-state index is 0.0293. The molecule has 1 saturated carbocycles. The van der Waals surface area contributed by atoms with E-state index in [1.54, 1.807) is 7.11 Å². The standard InChI is InChI=1S/C28H37NO6/c1-19(2)29-26(30)28(33-18-21-12-9-13-22(14-21)31-5)15-23(32-17-20-10-7-6-8-11-20)25-24(16-28)34-27(3,4)35-25/h6-14,19,23-25H,15-18H2,1-5H3,(H,29,30)/t23-,24-,25+,28-/m1/s1. The molecule has 2 fully saturated rings. The normalized spacial score (nSPS) is 27.4. The van der Waals surface area contributed by atoms with E-state index in [-0.39, 0.29) is 36.9 Å². The predicted molar refractivity (Wildman–Crippen MR) is 132 cm³/mol. The second-order valence-electron chi connectivity index (χ2n) is 10.1. The van der Waals surface area contributed by atoms with Gasteiger partial charge in [0.2, 0.25) is 0 Å². The van der Waals surface area contributed by atoms with E-state index in [4.69, 9.17) is 23.7 Å². The smallest absolute Gasteiger partial charge is 0.252 e. The zero-order valence-electron chi connectivity index (χ0n) is 21.3. The molecule has 0 radical (unpaired) electrons. The summed E-state index contributed by atoms with van der Waals surface area (Å²) in [5.74, 6) is -0.175. The van der Waals surface area contributed by atoms with Crippen LogP contribution in [0, 0.1) is 0 Å². The first-order valence-corrected chi connectivity index (χ1v) is 12.3. The molecule has 2 aromatic rings. The van der Waals surface area contributed by atoms with Gasteiger partial charge in [-0.3, -0.25) is 4.79 Å². The van der Waals surface area contributed by atoms with Crippen LogP contribution in [-0.2, 0) is 37.0 Å². The van der Waals surface area contributed by atoms with Gasteiger partial charge in [-0.05, 0) is 51.0 Å². The lowest BCUT2D eigenvalue weighted by molar-refractivity contribution is -0.183. The molecule has 0 spiro atoms. The first kappa shape index (κ1) is 25.6. The quantitative estimate of drug-likeness (QED) is 0.571. The summed E-state index contributed by atoms with van der Waals surface area (Å²) < 4.78 is 30.7. The molecule has 7 nitrogen and oxygen atoms in total. The Bertz CT molecular complexity index is 994. The van der Waals surface area contributed by atoms with E-state index in [0.29, 0.717) is 19.4 Å². The molecule has 1 amide bonds. The Morgan fingerprint density at radius 3 is 2.49 bits per heavy atom. The van der Waals surface area contributed by atoms with Gasteiger partial charge in [-0.25, -0.2) is 0 Å². The number of carbonyl (C=O) groups is 1.